The van der Waals surface area contributed by atoms with Crippen molar-refractivity contribution < 1.29 is 18.0 Å². The average Bonchev–Trinajstić information content (AvgIpc) is 3.49. The Balaban J connectivity index is 1.45. The van der Waals surface area contributed by atoms with Gasteiger partial charge in [-0.1, -0.05) is 12.1 Å². The minimum absolute atomic E-state index is 0.0993. The number of sulfone groups is 1. The Morgan fingerprint density at radius 1 is 1.14 bits per heavy atom. The van der Waals surface area contributed by atoms with Crippen LogP contribution in [0.1, 0.15) is 37.1 Å². The van der Waals surface area contributed by atoms with Crippen LogP contribution < -0.4 is 5.32 Å². The molecular formula is C24H32N6O4S2. The molecule has 1 aromatic carbocycles. The smallest absolute Gasteiger partial charge is 0.278 e. The number of benzene rings is 1. The fraction of sp³-hybridized carbons (Fsp3) is 0.500. The standard InChI is InChI=1S/C24H32N6O4S2/c1-17-15-28(12-13-30(17)18(2)31)16-20-14-25-24(35-20)26-23(32)22(27-29-10-4-5-11-29)19-6-8-21(9-7-19)36(3,33)34/h6-9,14,17H,4-5,10-13,15-16H2,1-3H3,(H,25,26,32)/b27-22-/t17-/m1/s1. The number of hydrogen-bond donors (Lipinski definition) is 1. The van der Waals surface area contributed by atoms with E-state index in [9.17, 15) is 18.0 Å². The SMILES string of the molecule is CC(=O)N1CCN(Cc2cnc(NC(=O)/C(=N\N3CCCC3)c3ccc(S(C)(=O)=O)cc3)s2)C[C@H]1C. The molecule has 2 aliphatic heterocycles. The summed E-state index contributed by atoms with van der Waals surface area (Å²) in [4.78, 5) is 34.7. The predicted molar refractivity (Wildman–Crippen MR) is 140 cm³/mol. The molecule has 3 heterocycles. The Labute approximate surface area is 215 Å². The second-order valence-electron chi connectivity index (χ2n) is 9.29. The summed E-state index contributed by atoms with van der Waals surface area (Å²) >= 11 is 1.41. The first kappa shape index (κ1) is 26.2. The largest absolute Gasteiger partial charge is 0.338 e. The number of hydrazone groups is 1. The predicted octanol–water partition coefficient (Wildman–Crippen LogP) is 2.04. The Kier molecular flexibility index (Phi) is 8.06. The van der Waals surface area contributed by atoms with E-state index in [1.165, 1.54) is 23.5 Å². The van der Waals surface area contributed by atoms with Crippen LogP contribution in [0.5, 0.6) is 0 Å². The van der Waals surface area contributed by atoms with Crippen LogP contribution in [0, 0.1) is 0 Å². The van der Waals surface area contributed by atoms with Gasteiger partial charge in [-0.3, -0.25) is 24.8 Å². The van der Waals surface area contributed by atoms with Crippen molar-refractivity contribution in [2.75, 3.05) is 44.3 Å². The summed E-state index contributed by atoms with van der Waals surface area (Å²) in [7, 11) is -3.34. The van der Waals surface area contributed by atoms with Gasteiger partial charge in [-0.25, -0.2) is 13.4 Å². The van der Waals surface area contributed by atoms with Gasteiger partial charge in [-0.15, -0.1) is 11.3 Å². The van der Waals surface area contributed by atoms with Crippen LogP contribution in [0.4, 0.5) is 5.13 Å². The molecule has 0 radical (unpaired) electrons. The number of rotatable bonds is 7. The van der Waals surface area contributed by atoms with E-state index in [0.717, 1.165) is 50.2 Å². The number of carbonyl (C=O) groups excluding carboxylic acids is 2. The lowest BCUT2D eigenvalue weighted by atomic mass is 10.1. The third-order valence-corrected chi connectivity index (χ3v) is 8.39. The number of hydrogen-bond acceptors (Lipinski definition) is 9. The van der Waals surface area contributed by atoms with E-state index < -0.39 is 15.7 Å². The average molecular weight is 533 g/mol. The molecule has 194 valence electrons. The Bertz CT molecular complexity index is 1240. The van der Waals surface area contributed by atoms with Crippen molar-refractivity contribution in [2.45, 2.75) is 44.2 Å². The topological polar surface area (TPSA) is 115 Å². The summed E-state index contributed by atoms with van der Waals surface area (Å²) < 4.78 is 23.7. The van der Waals surface area contributed by atoms with Gasteiger partial charge in [0.1, 0.15) is 0 Å². The van der Waals surface area contributed by atoms with Gasteiger partial charge in [-0.05, 0) is 31.9 Å². The molecule has 12 heteroatoms. The molecule has 0 aliphatic carbocycles. The molecule has 0 unspecified atom stereocenters. The van der Waals surface area contributed by atoms with E-state index in [4.69, 9.17) is 0 Å². The van der Waals surface area contributed by atoms with Crippen molar-refractivity contribution in [3.05, 3.63) is 40.9 Å². The van der Waals surface area contributed by atoms with Gasteiger partial charge in [0.25, 0.3) is 5.91 Å². The fourth-order valence-corrected chi connectivity index (χ4v) is 5.98. The van der Waals surface area contributed by atoms with Crippen molar-refractivity contribution in [3.8, 4) is 0 Å². The highest BCUT2D eigenvalue weighted by Crippen LogP contribution is 2.22. The number of piperazine rings is 1. The van der Waals surface area contributed by atoms with Crippen LogP contribution >= 0.6 is 11.3 Å². The van der Waals surface area contributed by atoms with Crippen molar-refractivity contribution in [1.82, 2.24) is 19.8 Å². The minimum atomic E-state index is -3.34. The van der Waals surface area contributed by atoms with E-state index in [1.54, 1.807) is 25.3 Å². The molecule has 1 aromatic heterocycles. The summed E-state index contributed by atoms with van der Waals surface area (Å²) in [5.41, 5.74) is 0.767. The first-order chi connectivity index (χ1) is 17.1. The molecular weight excluding hydrogens is 500 g/mol. The van der Waals surface area contributed by atoms with Crippen molar-refractivity contribution in [2.24, 2.45) is 5.10 Å². The fourth-order valence-electron chi connectivity index (χ4n) is 4.50. The molecule has 2 aliphatic rings. The second kappa shape index (κ2) is 11.1. The van der Waals surface area contributed by atoms with E-state index in [0.29, 0.717) is 23.8 Å². The lowest BCUT2D eigenvalue weighted by Gasteiger charge is -2.39. The molecule has 2 saturated heterocycles. The van der Waals surface area contributed by atoms with E-state index in [1.807, 2.05) is 9.91 Å². The molecule has 0 spiro atoms. The molecule has 36 heavy (non-hydrogen) atoms. The summed E-state index contributed by atoms with van der Waals surface area (Å²) in [6.07, 6.45) is 4.94. The van der Waals surface area contributed by atoms with Crippen LogP contribution in [0.15, 0.2) is 40.5 Å². The Hall–Kier alpha value is -2.83. The van der Waals surface area contributed by atoms with Gasteiger partial charge in [0.05, 0.1) is 4.90 Å². The van der Waals surface area contributed by atoms with Gasteiger partial charge >= 0.3 is 0 Å². The highest BCUT2D eigenvalue weighted by atomic mass is 32.2. The van der Waals surface area contributed by atoms with Gasteiger partial charge < -0.3 is 4.90 Å². The maximum absolute atomic E-state index is 13.3. The number of aromatic nitrogens is 1. The first-order valence-electron chi connectivity index (χ1n) is 12.0. The van der Waals surface area contributed by atoms with Gasteiger partial charge in [-0.2, -0.15) is 5.10 Å². The number of amides is 2. The maximum Gasteiger partial charge on any atom is 0.278 e. The van der Waals surface area contributed by atoms with Gasteiger partial charge in [0.2, 0.25) is 5.91 Å². The molecule has 1 atom stereocenters. The molecule has 2 amide bonds. The number of nitrogens with one attached hydrogen (secondary N) is 1. The minimum Gasteiger partial charge on any atom is -0.338 e. The van der Waals surface area contributed by atoms with Crippen molar-refractivity contribution >= 4 is 43.8 Å². The molecule has 4 rings (SSSR count). The molecule has 2 aromatic rings. The Morgan fingerprint density at radius 2 is 1.83 bits per heavy atom. The normalized spacial score (nSPS) is 19.5. The van der Waals surface area contributed by atoms with Crippen LogP contribution in [-0.2, 0) is 26.0 Å². The summed E-state index contributed by atoms with van der Waals surface area (Å²) in [5.74, 6) is -0.291. The summed E-state index contributed by atoms with van der Waals surface area (Å²) in [6, 6.07) is 6.36. The highest BCUT2D eigenvalue weighted by molar-refractivity contribution is 7.90. The maximum atomic E-state index is 13.3. The first-order valence-corrected chi connectivity index (χ1v) is 14.7. The van der Waals surface area contributed by atoms with Crippen LogP contribution in [-0.4, -0.2) is 90.8 Å². The van der Waals surface area contributed by atoms with Crippen LogP contribution in [0.2, 0.25) is 0 Å². The lowest BCUT2D eigenvalue weighted by Crippen LogP contribution is -2.52. The van der Waals surface area contributed by atoms with Crippen LogP contribution in [0.25, 0.3) is 0 Å². The molecule has 2 fully saturated rings. The second-order valence-corrected chi connectivity index (χ2v) is 12.4. The van der Waals surface area contributed by atoms with Gasteiger partial charge in [0.15, 0.2) is 20.7 Å². The molecule has 1 N–H and O–H groups in total. The van der Waals surface area contributed by atoms with Crippen molar-refractivity contribution in [1.29, 1.82) is 0 Å². The van der Waals surface area contributed by atoms with Crippen molar-refractivity contribution in [3.63, 3.8) is 0 Å². The highest BCUT2D eigenvalue weighted by Gasteiger charge is 2.26. The molecule has 0 saturated carbocycles. The number of anilines is 1. The van der Waals surface area contributed by atoms with E-state index >= 15 is 0 Å². The monoisotopic (exact) mass is 532 g/mol. The third kappa shape index (κ3) is 6.48. The Morgan fingerprint density at radius 3 is 2.44 bits per heavy atom. The quantitative estimate of drug-likeness (QED) is 0.543. The van der Waals surface area contributed by atoms with E-state index in [-0.39, 0.29) is 22.6 Å². The zero-order valence-corrected chi connectivity index (χ0v) is 22.4. The summed E-state index contributed by atoms with van der Waals surface area (Å²) in [5, 5.41) is 9.81. The summed E-state index contributed by atoms with van der Waals surface area (Å²) in [6.45, 7) is 8.18. The zero-order valence-electron chi connectivity index (χ0n) is 20.8. The van der Waals surface area contributed by atoms with Crippen LogP contribution in [0.3, 0.4) is 0 Å². The number of nitrogens with zero attached hydrogens (tertiary/aromatic N) is 5. The molecule has 10 nitrogen and oxygen atoms in total. The number of carbonyl (C=O) groups is 2. The zero-order chi connectivity index (χ0) is 25.9. The van der Waals surface area contributed by atoms with E-state index in [2.05, 4.69) is 27.2 Å². The third-order valence-electron chi connectivity index (χ3n) is 6.36. The number of thiazole rings is 1. The lowest BCUT2D eigenvalue weighted by molar-refractivity contribution is -0.133. The molecule has 0 bridgehead atoms. The van der Waals surface area contributed by atoms with Gasteiger partial charge in [0, 0.05) is 75.1 Å².